The summed E-state index contributed by atoms with van der Waals surface area (Å²) in [5, 5.41) is 0.909. The number of aromatic nitrogens is 3. The van der Waals surface area contributed by atoms with Crippen molar-refractivity contribution in [2.24, 2.45) is 0 Å². The van der Waals surface area contributed by atoms with Crippen LogP contribution in [0, 0.1) is 0 Å². The van der Waals surface area contributed by atoms with Gasteiger partial charge in [0.15, 0.2) is 5.69 Å². The van der Waals surface area contributed by atoms with E-state index >= 15 is 0 Å². The van der Waals surface area contributed by atoms with Gasteiger partial charge < -0.3 is 4.74 Å². The molecule has 0 aliphatic heterocycles. The first-order valence-corrected chi connectivity index (χ1v) is 5.66. The summed E-state index contributed by atoms with van der Waals surface area (Å²) in [6, 6.07) is 8.99. The monoisotopic (exact) mass is 251 g/mol. The molecular formula is C14H9N3O2. The van der Waals surface area contributed by atoms with Gasteiger partial charge in [0.05, 0.1) is 11.7 Å². The van der Waals surface area contributed by atoms with Crippen molar-refractivity contribution in [3.05, 3.63) is 60.8 Å². The molecule has 92 valence electrons. The highest BCUT2D eigenvalue weighted by Gasteiger charge is 2.10. The fourth-order valence-corrected chi connectivity index (χ4v) is 1.68. The Morgan fingerprint density at radius 3 is 2.84 bits per heavy atom. The lowest BCUT2D eigenvalue weighted by Gasteiger charge is -2.04. The van der Waals surface area contributed by atoms with E-state index in [9.17, 15) is 4.79 Å². The molecule has 0 saturated carbocycles. The SMILES string of the molecule is O=C(Oc1ccc2ncccc2c1)c1cnccn1. The third-order valence-electron chi connectivity index (χ3n) is 2.56. The summed E-state index contributed by atoms with van der Waals surface area (Å²) in [7, 11) is 0. The Morgan fingerprint density at radius 1 is 1.05 bits per heavy atom. The summed E-state index contributed by atoms with van der Waals surface area (Å²) in [5.74, 6) is -0.0764. The summed E-state index contributed by atoms with van der Waals surface area (Å²) in [6.45, 7) is 0. The fraction of sp³-hybridized carbons (Fsp3) is 0. The number of rotatable bonds is 2. The van der Waals surface area contributed by atoms with Crippen LogP contribution in [0.4, 0.5) is 0 Å². The van der Waals surface area contributed by atoms with Crippen LogP contribution in [-0.2, 0) is 0 Å². The minimum absolute atomic E-state index is 0.175. The van der Waals surface area contributed by atoms with Crippen LogP contribution < -0.4 is 4.74 Å². The van der Waals surface area contributed by atoms with Crippen LogP contribution in [-0.4, -0.2) is 20.9 Å². The zero-order valence-corrected chi connectivity index (χ0v) is 9.85. The highest BCUT2D eigenvalue weighted by molar-refractivity contribution is 5.89. The van der Waals surface area contributed by atoms with Gasteiger partial charge in [-0.05, 0) is 24.3 Å². The maximum Gasteiger partial charge on any atom is 0.363 e. The van der Waals surface area contributed by atoms with Gasteiger partial charge in [0.2, 0.25) is 0 Å². The van der Waals surface area contributed by atoms with E-state index in [-0.39, 0.29) is 5.69 Å². The molecule has 0 spiro atoms. The molecule has 0 amide bonds. The molecule has 2 aromatic heterocycles. The second kappa shape index (κ2) is 4.81. The third kappa shape index (κ3) is 2.40. The van der Waals surface area contributed by atoms with Crippen LogP contribution >= 0.6 is 0 Å². The maximum absolute atomic E-state index is 11.8. The van der Waals surface area contributed by atoms with E-state index in [1.54, 1.807) is 24.4 Å². The molecule has 5 nitrogen and oxygen atoms in total. The highest BCUT2D eigenvalue weighted by atomic mass is 16.5. The smallest absolute Gasteiger partial charge is 0.363 e. The summed E-state index contributed by atoms with van der Waals surface area (Å²) in [6.07, 6.45) is 6.03. The Bertz CT molecular complexity index is 729. The lowest BCUT2D eigenvalue weighted by atomic mass is 10.2. The molecule has 0 aliphatic rings. The molecule has 0 bridgehead atoms. The van der Waals surface area contributed by atoms with Crippen molar-refractivity contribution in [1.29, 1.82) is 0 Å². The minimum Gasteiger partial charge on any atom is -0.422 e. The predicted molar refractivity (Wildman–Crippen MR) is 68.7 cm³/mol. The molecular weight excluding hydrogens is 242 g/mol. The van der Waals surface area contributed by atoms with Gasteiger partial charge in [-0.3, -0.25) is 9.97 Å². The van der Waals surface area contributed by atoms with Crippen LogP contribution in [0.25, 0.3) is 10.9 Å². The normalized spacial score (nSPS) is 10.3. The zero-order chi connectivity index (χ0) is 13.1. The molecule has 3 rings (SSSR count). The average molecular weight is 251 g/mol. The molecule has 19 heavy (non-hydrogen) atoms. The van der Waals surface area contributed by atoms with Crippen LogP contribution in [0.3, 0.4) is 0 Å². The van der Waals surface area contributed by atoms with Crippen molar-refractivity contribution in [3.63, 3.8) is 0 Å². The van der Waals surface area contributed by atoms with Gasteiger partial charge in [-0.2, -0.15) is 0 Å². The molecule has 5 heteroatoms. The standard InChI is InChI=1S/C14H9N3O2/c18-14(13-9-15-6-7-17-13)19-11-3-4-12-10(8-11)2-1-5-16-12/h1-9H. The van der Waals surface area contributed by atoms with Crippen molar-refractivity contribution in [1.82, 2.24) is 15.0 Å². The number of pyridine rings is 1. The predicted octanol–water partition coefficient (Wildman–Crippen LogP) is 2.24. The van der Waals surface area contributed by atoms with Crippen molar-refractivity contribution >= 4 is 16.9 Å². The van der Waals surface area contributed by atoms with Gasteiger partial charge in [0, 0.05) is 24.0 Å². The first kappa shape index (κ1) is 11.3. The van der Waals surface area contributed by atoms with Crippen LogP contribution in [0.15, 0.2) is 55.1 Å². The van der Waals surface area contributed by atoms with Crippen LogP contribution in [0.2, 0.25) is 0 Å². The largest absolute Gasteiger partial charge is 0.422 e. The molecule has 0 saturated heterocycles. The summed E-state index contributed by atoms with van der Waals surface area (Å²) in [5.41, 5.74) is 1.02. The number of carbonyl (C=O) groups is 1. The Kier molecular flexibility index (Phi) is 2.86. The number of benzene rings is 1. The second-order valence-corrected chi connectivity index (χ2v) is 3.84. The van der Waals surface area contributed by atoms with Gasteiger partial charge in [-0.1, -0.05) is 6.07 Å². The van der Waals surface area contributed by atoms with Gasteiger partial charge in [-0.15, -0.1) is 0 Å². The van der Waals surface area contributed by atoms with E-state index in [4.69, 9.17) is 4.74 Å². The molecule has 2 heterocycles. The lowest BCUT2D eigenvalue weighted by molar-refractivity contribution is 0.0728. The molecule has 0 N–H and O–H groups in total. The molecule has 0 unspecified atom stereocenters. The first-order chi connectivity index (χ1) is 9.33. The number of ether oxygens (including phenoxy) is 1. The number of hydrogen-bond donors (Lipinski definition) is 0. The Hall–Kier alpha value is -2.82. The van der Waals surface area contributed by atoms with Gasteiger partial charge in [0.25, 0.3) is 0 Å². The van der Waals surface area contributed by atoms with Crippen molar-refractivity contribution in [2.45, 2.75) is 0 Å². The molecule has 1 aromatic carbocycles. The van der Waals surface area contributed by atoms with E-state index in [0.717, 1.165) is 10.9 Å². The Balaban J connectivity index is 1.87. The van der Waals surface area contributed by atoms with E-state index in [1.807, 2.05) is 12.1 Å². The van der Waals surface area contributed by atoms with E-state index in [0.29, 0.717) is 5.75 Å². The average Bonchev–Trinajstić information content (AvgIpc) is 2.48. The summed E-state index contributed by atoms with van der Waals surface area (Å²) in [4.78, 5) is 23.7. The second-order valence-electron chi connectivity index (χ2n) is 3.84. The number of esters is 1. The lowest BCUT2D eigenvalue weighted by Crippen LogP contribution is -2.10. The van der Waals surface area contributed by atoms with Crippen LogP contribution in [0.1, 0.15) is 10.5 Å². The molecule has 3 aromatic rings. The van der Waals surface area contributed by atoms with E-state index in [2.05, 4.69) is 15.0 Å². The van der Waals surface area contributed by atoms with Crippen LogP contribution in [0.5, 0.6) is 5.75 Å². The Labute approximate surface area is 108 Å². The molecule has 0 radical (unpaired) electrons. The van der Waals surface area contributed by atoms with Gasteiger partial charge in [0.1, 0.15) is 5.75 Å². The minimum atomic E-state index is -0.531. The number of nitrogens with zero attached hydrogens (tertiary/aromatic N) is 3. The number of fused-ring (bicyclic) bond motifs is 1. The summed E-state index contributed by atoms with van der Waals surface area (Å²) >= 11 is 0. The van der Waals surface area contributed by atoms with Crippen molar-refractivity contribution in [3.8, 4) is 5.75 Å². The van der Waals surface area contributed by atoms with Crippen molar-refractivity contribution < 1.29 is 9.53 Å². The summed E-state index contributed by atoms with van der Waals surface area (Å²) < 4.78 is 5.24. The Morgan fingerprint density at radius 2 is 2.00 bits per heavy atom. The highest BCUT2D eigenvalue weighted by Crippen LogP contribution is 2.19. The van der Waals surface area contributed by atoms with E-state index < -0.39 is 5.97 Å². The van der Waals surface area contributed by atoms with E-state index in [1.165, 1.54) is 18.6 Å². The molecule has 0 atom stereocenters. The zero-order valence-electron chi connectivity index (χ0n) is 9.85. The molecule has 0 aliphatic carbocycles. The van der Waals surface area contributed by atoms with Crippen molar-refractivity contribution in [2.75, 3.05) is 0 Å². The topological polar surface area (TPSA) is 65.0 Å². The first-order valence-electron chi connectivity index (χ1n) is 5.66. The maximum atomic E-state index is 11.8. The third-order valence-corrected chi connectivity index (χ3v) is 2.56. The quantitative estimate of drug-likeness (QED) is 0.516. The number of carbonyl (C=O) groups excluding carboxylic acids is 1. The van der Waals surface area contributed by atoms with Gasteiger partial charge >= 0.3 is 5.97 Å². The number of hydrogen-bond acceptors (Lipinski definition) is 5. The fourth-order valence-electron chi connectivity index (χ4n) is 1.68. The molecule has 0 fully saturated rings. The van der Waals surface area contributed by atoms with Gasteiger partial charge in [-0.25, -0.2) is 9.78 Å².